The summed E-state index contributed by atoms with van der Waals surface area (Å²) in [5.41, 5.74) is 11.1. The number of nitrogens with zero attached hydrogens (tertiary/aromatic N) is 7. The molecule has 19 nitrogen and oxygen atoms in total. The van der Waals surface area contributed by atoms with Gasteiger partial charge in [0, 0.05) is 67.2 Å². The second kappa shape index (κ2) is 28.2. The Balaban J connectivity index is 0.000000224. The highest BCUT2D eigenvalue weighted by atomic mass is 32.2. The number of amides is 1. The molecule has 0 saturated carbocycles. The normalized spacial score (nSPS) is 16.5. The average Bonchev–Trinajstić information content (AvgIpc) is 1.12. The van der Waals surface area contributed by atoms with E-state index in [1.165, 1.54) is 49.7 Å². The highest BCUT2D eigenvalue weighted by Crippen LogP contribution is 2.43. The molecule has 3 aliphatic rings. The quantitative estimate of drug-likeness (QED) is 0.00964. The molecule has 452 valence electrons. The van der Waals surface area contributed by atoms with Crippen LogP contribution >= 0.6 is 11.9 Å². The largest absolute Gasteiger partial charge is 0.508 e. The Bertz CT molecular complexity index is 3720. The molecule has 0 bridgehead atoms. The third-order valence-corrected chi connectivity index (χ3v) is 16.5. The summed E-state index contributed by atoms with van der Waals surface area (Å²) in [6.45, 7) is 8.76. The molecule has 3 atom stereocenters. The number of aliphatic carboxylic acids is 1. The number of aryl methyl sites for hydroxylation is 1. The molecule has 2 aromatic heterocycles. The number of pyridine rings is 1. The van der Waals surface area contributed by atoms with Gasteiger partial charge in [0.15, 0.2) is 5.82 Å². The molecule has 3 aliphatic heterocycles. The van der Waals surface area contributed by atoms with Crippen LogP contribution in [0.25, 0.3) is 32.9 Å². The number of aromatic nitrogens is 3. The molecule has 5 heterocycles. The van der Waals surface area contributed by atoms with Gasteiger partial charge in [0.1, 0.15) is 63.8 Å². The van der Waals surface area contributed by atoms with Crippen LogP contribution in [0.2, 0.25) is 0 Å². The van der Waals surface area contributed by atoms with Gasteiger partial charge in [-0.05, 0) is 142 Å². The van der Waals surface area contributed by atoms with Crippen molar-refractivity contribution in [3.63, 3.8) is 0 Å². The third-order valence-electron chi connectivity index (χ3n) is 15.4. The molecule has 86 heavy (non-hydrogen) atoms. The number of fused-ring (bicyclic) bond motifs is 3. The molecule has 3 unspecified atom stereocenters. The number of nitrogens with two attached hydrogens (primary N) is 2. The van der Waals surface area contributed by atoms with Gasteiger partial charge >= 0.3 is 17.8 Å². The number of halogens is 2. The molecule has 1 saturated heterocycles. The van der Waals surface area contributed by atoms with Crippen LogP contribution in [0.1, 0.15) is 85.6 Å². The Morgan fingerprint density at radius 2 is 1.84 bits per heavy atom. The van der Waals surface area contributed by atoms with E-state index in [1.54, 1.807) is 25.1 Å². The Morgan fingerprint density at radius 3 is 2.58 bits per heavy atom. The second-order valence-corrected chi connectivity index (χ2v) is 22.7. The number of carboxylic acids is 1. The Hall–Kier alpha value is -8.33. The van der Waals surface area contributed by atoms with Crippen LogP contribution in [-0.2, 0) is 20.9 Å². The lowest BCUT2D eigenvalue weighted by Crippen LogP contribution is -2.42. The van der Waals surface area contributed by atoms with Crippen LogP contribution in [-0.4, -0.2) is 143 Å². The van der Waals surface area contributed by atoms with E-state index < -0.39 is 23.5 Å². The number of hydrogen-bond acceptors (Lipinski definition) is 17. The van der Waals surface area contributed by atoms with Gasteiger partial charge in [0.2, 0.25) is 5.91 Å². The van der Waals surface area contributed by atoms with Gasteiger partial charge in [-0.15, -0.1) is 6.42 Å². The molecule has 7 aromatic rings. The number of nitrogens with one attached hydrogen (secondary N) is 1. The van der Waals surface area contributed by atoms with Gasteiger partial charge in [-0.2, -0.15) is 4.98 Å². The summed E-state index contributed by atoms with van der Waals surface area (Å²) >= 11 is 1.62. The molecule has 7 N–H and O–H groups in total. The summed E-state index contributed by atoms with van der Waals surface area (Å²) in [6, 6.07) is 21.0. The second-order valence-electron chi connectivity index (χ2n) is 21.6. The minimum Gasteiger partial charge on any atom is -0.508 e. The number of rotatable bonds is 19. The lowest BCUT2D eigenvalue weighted by Gasteiger charge is -2.25. The van der Waals surface area contributed by atoms with Crippen LogP contribution in [0.4, 0.5) is 26.0 Å². The van der Waals surface area contributed by atoms with Gasteiger partial charge < -0.3 is 50.0 Å². The Morgan fingerprint density at radius 1 is 1.01 bits per heavy atom. The van der Waals surface area contributed by atoms with Crippen molar-refractivity contribution in [1.29, 1.82) is 0 Å². The van der Waals surface area contributed by atoms with E-state index in [4.69, 9.17) is 41.7 Å². The number of carboxylic acid groups (broad SMARTS) is 1. The number of phenolic OH excluding ortho intramolecular Hbond substituents is 1. The summed E-state index contributed by atoms with van der Waals surface area (Å²) in [5, 5.41) is 25.7. The Kier molecular flexibility index (Phi) is 20.4. The predicted molar refractivity (Wildman–Crippen MR) is 329 cm³/mol. The number of nitrogen functional groups attached to an aromatic ring is 1. The number of aromatic hydroxyl groups is 1. The lowest BCUT2D eigenvalue weighted by molar-refractivity contribution is -0.438. The third kappa shape index (κ3) is 14.5. The van der Waals surface area contributed by atoms with E-state index >= 15 is 4.39 Å². The number of carbonyl (C=O) groups is 2. The number of likely N-dealkylation sites (tertiary alicyclic amines) is 1. The van der Waals surface area contributed by atoms with Crippen molar-refractivity contribution in [3.05, 3.63) is 118 Å². The maximum absolute atomic E-state index is 16.0. The zero-order valence-corrected chi connectivity index (χ0v) is 50.0. The zero-order chi connectivity index (χ0) is 61.2. The summed E-state index contributed by atoms with van der Waals surface area (Å²) in [7, 11) is 6.61. The standard InChI is InChI=1S/C38H52N6O7S.C26H20F2N4O2/c1-24-8-9-26(30(21-36(45)46)27-18-31(39)37(43(4)40)34(19-27)48-5)17-28(24)23-44-22-25(2)51-33-20-29(10-11-35(33)52-44)50-16-15-49-14-12-41-38(47)32-7-6-13-42(32)3;1-3-17-20(27)9-8-15-12-16(33)13-18(21(15)17)23-22(28)24-19(14-29-23)25(31-26(30-24)34-2)32-10-6-4-5-7-11-32/h8-11,17-20,25,30,32H,6-7,12-16,21-23,39-40H2,1-5H3,(H,41,47)(H,45,46);1,8-10,12-14H,4-7,11H2,2H3/p+1. The summed E-state index contributed by atoms with van der Waals surface area (Å²) < 4.78 is 63.6. The highest BCUT2D eigenvalue weighted by Gasteiger charge is 2.30. The molecular weight excluding hydrogens is 1120 g/mol. The van der Waals surface area contributed by atoms with Gasteiger partial charge in [-0.3, -0.25) is 19.5 Å². The SMILES string of the molecule is C#Cc1c(F)ccc2cc(O)cc(-c3ncc4c([N+]5=CCCCCC5)nc(OC)nc4c3F)c12.COc1cc(C(CC(=O)O)c2ccc(C)c(CN3CC(C)Oc4cc(OCCOCCNC(=O)C5CCCN5C)ccc4S3)c2)cc(N)c1N(C)N. The molecule has 0 aliphatic carbocycles. The monoisotopic (exact) mass is 1200 g/mol. The summed E-state index contributed by atoms with van der Waals surface area (Å²) in [5.74, 6) is 7.97. The maximum atomic E-state index is 16.0. The fourth-order valence-corrected chi connectivity index (χ4v) is 12.2. The van der Waals surface area contributed by atoms with Gasteiger partial charge in [-0.25, -0.2) is 23.5 Å². The first kappa shape index (κ1) is 62.2. The van der Waals surface area contributed by atoms with E-state index in [0.717, 1.165) is 84.5 Å². The number of hydrogen-bond donors (Lipinski definition) is 5. The molecule has 1 amide bonds. The zero-order valence-electron chi connectivity index (χ0n) is 49.2. The number of phenols is 1. The predicted octanol–water partition coefficient (Wildman–Crippen LogP) is 9.51. The smallest absolute Gasteiger partial charge is 0.434 e. The minimum absolute atomic E-state index is 0.0136. The van der Waals surface area contributed by atoms with Crippen LogP contribution in [0.15, 0.2) is 83.9 Å². The van der Waals surface area contributed by atoms with Gasteiger partial charge in [0.05, 0.1) is 68.8 Å². The van der Waals surface area contributed by atoms with Crippen LogP contribution in [0, 0.1) is 30.9 Å². The van der Waals surface area contributed by atoms with E-state index in [1.807, 2.05) is 61.2 Å². The fourth-order valence-electron chi connectivity index (χ4n) is 11.1. The first-order chi connectivity index (χ1) is 41.4. The number of anilines is 2. The molecule has 5 aromatic carbocycles. The average molecular weight is 1200 g/mol. The van der Waals surface area contributed by atoms with Crippen molar-refractivity contribution < 1.29 is 56.8 Å². The molecular formula is C64H73F2N10O9S+. The number of likely N-dealkylation sites (N-methyl/N-ethyl adjacent to an activating group) is 1. The summed E-state index contributed by atoms with van der Waals surface area (Å²) in [4.78, 5) is 40.6. The van der Waals surface area contributed by atoms with E-state index in [2.05, 4.69) is 48.4 Å². The number of methoxy groups -OCH3 is 2. The minimum atomic E-state index is -0.917. The topological polar surface area (TPSA) is 236 Å². The maximum Gasteiger partial charge on any atom is 0.434 e. The van der Waals surface area contributed by atoms with Crippen LogP contribution < -0.4 is 40.8 Å². The number of benzene rings is 5. The van der Waals surface area contributed by atoms with E-state index in [-0.39, 0.29) is 64.0 Å². The van der Waals surface area contributed by atoms with Crippen molar-refractivity contribution in [2.75, 3.05) is 85.1 Å². The van der Waals surface area contributed by atoms with E-state index in [9.17, 15) is 24.2 Å². The van der Waals surface area contributed by atoms with Crippen molar-refractivity contribution in [3.8, 4) is 52.6 Å². The molecule has 1 fully saturated rings. The molecule has 22 heteroatoms. The fraction of sp³-hybridized carbons (Fsp3) is 0.375. The van der Waals surface area contributed by atoms with Crippen molar-refractivity contribution in [1.82, 2.24) is 29.5 Å². The number of hydrazine groups is 1. The van der Waals surface area contributed by atoms with Gasteiger partial charge in [0.25, 0.3) is 0 Å². The van der Waals surface area contributed by atoms with Crippen molar-refractivity contribution in [2.45, 2.75) is 88.3 Å². The lowest BCUT2D eigenvalue weighted by atomic mass is 9.86. The molecule has 0 radical (unpaired) electrons. The first-order valence-electron chi connectivity index (χ1n) is 28.6. The highest BCUT2D eigenvalue weighted by molar-refractivity contribution is 7.97. The van der Waals surface area contributed by atoms with Crippen molar-refractivity contribution >= 4 is 68.9 Å². The number of ether oxygens (including phenoxy) is 5. The first-order valence-corrected chi connectivity index (χ1v) is 29.3. The number of terminal acetylenes is 1. The van der Waals surface area contributed by atoms with Crippen molar-refractivity contribution in [2.24, 2.45) is 5.84 Å². The molecule has 10 rings (SSSR count). The molecule has 0 spiro atoms. The number of carbonyl (C=O) groups excluding carboxylic acids is 1. The van der Waals surface area contributed by atoms with E-state index in [0.29, 0.717) is 78.9 Å². The Labute approximate surface area is 503 Å². The summed E-state index contributed by atoms with van der Waals surface area (Å²) in [6.07, 6.45) is 14.9. The van der Waals surface area contributed by atoms with Crippen LogP contribution in [0.3, 0.4) is 0 Å². The van der Waals surface area contributed by atoms with Crippen LogP contribution in [0.5, 0.6) is 29.0 Å². The van der Waals surface area contributed by atoms with Gasteiger partial charge in [-0.1, -0.05) is 30.2 Å².